The highest BCUT2D eigenvalue weighted by molar-refractivity contribution is 8.15. The van der Waals surface area contributed by atoms with Crippen molar-refractivity contribution in [2.24, 2.45) is 5.10 Å². The Kier molecular flexibility index (Phi) is 4.13. The van der Waals surface area contributed by atoms with Crippen LogP contribution in [0, 0.1) is 5.41 Å². The van der Waals surface area contributed by atoms with Gasteiger partial charge in [-0.05, 0) is 16.7 Å². The first kappa shape index (κ1) is 16.4. The van der Waals surface area contributed by atoms with E-state index in [4.69, 9.17) is 5.41 Å². The molecule has 7 heteroatoms. The van der Waals surface area contributed by atoms with Gasteiger partial charge >= 0.3 is 0 Å². The number of rotatable bonds is 3. The minimum absolute atomic E-state index is 0.0740. The molecule has 0 amide bonds. The third-order valence-electron chi connectivity index (χ3n) is 4.41. The van der Waals surface area contributed by atoms with Gasteiger partial charge in [0.2, 0.25) is 0 Å². The normalized spacial score (nSPS) is 24.8. The zero-order valence-corrected chi connectivity index (χ0v) is 15.0. The van der Waals surface area contributed by atoms with Gasteiger partial charge < -0.3 is 0 Å². The lowest BCUT2D eigenvalue weighted by atomic mass is 10.0. The van der Waals surface area contributed by atoms with E-state index in [2.05, 4.69) is 17.2 Å². The molecule has 0 saturated carbocycles. The van der Waals surface area contributed by atoms with Crippen LogP contribution in [0.15, 0.2) is 59.7 Å². The quantitative estimate of drug-likeness (QED) is 0.842. The summed E-state index contributed by atoms with van der Waals surface area (Å²) in [5, 5.41) is 14.2. The van der Waals surface area contributed by atoms with Crippen molar-refractivity contribution in [2.45, 2.75) is 11.3 Å². The standard InChI is InChI=1S/C18H17N3O2S2/c19-18-21(16-11-25(22,23)12-17(16)24-18)20-10-13-6-8-15(9-7-13)14-4-2-1-3-5-14/h1-10,16-17,19H,11-12H2/b19-18?,20-10-/t16-,17-/m0/s1. The van der Waals surface area contributed by atoms with Crippen LogP contribution >= 0.6 is 11.8 Å². The van der Waals surface area contributed by atoms with Crippen LogP contribution < -0.4 is 0 Å². The number of hydrazone groups is 1. The van der Waals surface area contributed by atoms with Gasteiger partial charge in [-0.1, -0.05) is 66.4 Å². The maximum atomic E-state index is 11.8. The summed E-state index contributed by atoms with van der Waals surface area (Å²) >= 11 is 1.30. The van der Waals surface area contributed by atoms with Gasteiger partial charge in [-0.3, -0.25) is 5.41 Å². The van der Waals surface area contributed by atoms with Crippen LogP contribution in [0.4, 0.5) is 0 Å². The van der Waals surface area contributed by atoms with Crippen molar-refractivity contribution in [3.63, 3.8) is 0 Å². The van der Waals surface area contributed by atoms with E-state index < -0.39 is 9.84 Å². The second-order valence-electron chi connectivity index (χ2n) is 6.18. The van der Waals surface area contributed by atoms with Gasteiger partial charge in [-0.25, -0.2) is 13.4 Å². The summed E-state index contributed by atoms with van der Waals surface area (Å²) in [6, 6.07) is 17.9. The molecule has 128 valence electrons. The highest BCUT2D eigenvalue weighted by atomic mass is 32.2. The van der Waals surface area contributed by atoms with Gasteiger partial charge in [0, 0.05) is 5.25 Å². The molecule has 25 heavy (non-hydrogen) atoms. The van der Waals surface area contributed by atoms with Crippen molar-refractivity contribution in [2.75, 3.05) is 11.5 Å². The molecule has 2 heterocycles. The second kappa shape index (κ2) is 6.31. The summed E-state index contributed by atoms with van der Waals surface area (Å²) < 4.78 is 23.6. The molecular weight excluding hydrogens is 354 g/mol. The van der Waals surface area contributed by atoms with E-state index in [1.54, 1.807) is 11.2 Å². The number of sulfone groups is 1. The predicted octanol–water partition coefficient (Wildman–Crippen LogP) is 2.84. The minimum atomic E-state index is -3.01. The average Bonchev–Trinajstić information content (AvgIpc) is 3.04. The maximum absolute atomic E-state index is 11.8. The van der Waals surface area contributed by atoms with Crippen LogP contribution in [0.1, 0.15) is 5.56 Å². The molecule has 0 unspecified atom stereocenters. The lowest BCUT2D eigenvalue weighted by molar-refractivity contribution is 0.376. The van der Waals surface area contributed by atoms with Crippen LogP contribution in [0.2, 0.25) is 0 Å². The molecule has 2 saturated heterocycles. The Balaban J connectivity index is 1.51. The van der Waals surface area contributed by atoms with E-state index in [1.165, 1.54) is 11.8 Å². The molecular formula is C18H17N3O2S2. The largest absolute Gasteiger partial charge is 0.277 e. The van der Waals surface area contributed by atoms with Crippen LogP contribution in [-0.2, 0) is 9.84 Å². The summed E-state index contributed by atoms with van der Waals surface area (Å²) in [5.74, 6) is 0.222. The number of thioether (sulfide) groups is 1. The van der Waals surface area contributed by atoms with Crippen molar-refractivity contribution in [1.82, 2.24) is 5.01 Å². The molecule has 2 aliphatic rings. The fraction of sp³-hybridized carbons (Fsp3) is 0.222. The van der Waals surface area contributed by atoms with Gasteiger partial charge in [-0.2, -0.15) is 5.10 Å². The minimum Gasteiger partial charge on any atom is -0.277 e. The van der Waals surface area contributed by atoms with Crippen LogP contribution in [0.3, 0.4) is 0 Å². The molecule has 2 aromatic carbocycles. The smallest absolute Gasteiger partial charge is 0.177 e. The first-order chi connectivity index (χ1) is 12.0. The summed E-state index contributed by atoms with van der Waals surface area (Å²) in [6.07, 6.45) is 1.69. The molecule has 2 aliphatic heterocycles. The number of benzene rings is 2. The maximum Gasteiger partial charge on any atom is 0.177 e. The molecule has 0 radical (unpaired) electrons. The first-order valence-electron chi connectivity index (χ1n) is 7.96. The monoisotopic (exact) mass is 371 g/mol. The lowest BCUT2D eigenvalue weighted by Crippen LogP contribution is -2.32. The van der Waals surface area contributed by atoms with Crippen LogP contribution in [0.5, 0.6) is 0 Å². The summed E-state index contributed by atoms with van der Waals surface area (Å²) in [5.41, 5.74) is 3.20. The van der Waals surface area contributed by atoms with E-state index in [0.717, 1.165) is 16.7 Å². The predicted molar refractivity (Wildman–Crippen MR) is 103 cm³/mol. The van der Waals surface area contributed by atoms with E-state index in [-0.39, 0.29) is 22.8 Å². The molecule has 0 aliphatic carbocycles. The third-order valence-corrected chi connectivity index (χ3v) is 7.53. The van der Waals surface area contributed by atoms with Gasteiger partial charge in [0.05, 0.1) is 23.8 Å². The molecule has 0 bridgehead atoms. The summed E-state index contributed by atoms with van der Waals surface area (Å²) in [7, 11) is -3.01. The number of hydrogen-bond acceptors (Lipinski definition) is 5. The van der Waals surface area contributed by atoms with Crippen molar-refractivity contribution in [3.05, 3.63) is 60.2 Å². The van der Waals surface area contributed by atoms with Gasteiger partial charge in [-0.15, -0.1) is 0 Å². The number of amidine groups is 1. The lowest BCUT2D eigenvalue weighted by Gasteiger charge is -2.17. The Labute approximate surface area is 151 Å². The van der Waals surface area contributed by atoms with Gasteiger partial charge in [0.1, 0.15) is 0 Å². The SMILES string of the molecule is N=C1S[C@H]2CS(=O)(=O)C[C@@H]2N1/N=C\c1ccc(-c2ccccc2)cc1. The Morgan fingerprint density at radius 1 is 1.04 bits per heavy atom. The van der Waals surface area contributed by atoms with Gasteiger partial charge in [0.15, 0.2) is 15.0 Å². The zero-order valence-electron chi connectivity index (χ0n) is 13.4. The van der Waals surface area contributed by atoms with Crippen molar-refractivity contribution in [3.8, 4) is 11.1 Å². The molecule has 0 aromatic heterocycles. The molecule has 2 atom stereocenters. The Morgan fingerprint density at radius 3 is 2.44 bits per heavy atom. The third kappa shape index (κ3) is 3.34. The number of fused-ring (bicyclic) bond motifs is 1. The highest BCUT2D eigenvalue weighted by Crippen LogP contribution is 2.37. The van der Waals surface area contributed by atoms with E-state index in [1.807, 2.05) is 42.5 Å². The van der Waals surface area contributed by atoms with E-state index in [9.17, 15) is 8.42 Å². The average molecular weight is 371 g/mol. The Morgan fingerprint density at radius 2 is 1.72 bits per heavy atom. The topological polar surface area (TPSA) is 73.6 Å². The Hall–Kier alpha value is -2.12. The fourth-order valence-corrected chi connectivity index (χ4v) is 6.86. The van der Waals surface area contributed by atoms with Crippen LogP contribution in [0.25, 0.3) is 11.1 Å². The first-order valence-corrected chi connectivity index (χ1v) is 10.7. The fourth-order valence-electron chi connectivity index (χ4n) is 3.14. The van der Waals surface area contributed by atoms with E-state index in [0.29, 0.717) is 5.17 Å². The van der Waals surface area contributed by atoms with Crippen molar-refractivity contribution < 1.29 is 8.42 Å². The second-order valence-corrected chi connectivity index (χ2v) is 9.56. The van der Waals surface area contributed by atoms with E-state index >= 15 is 0 Å². The molecule has 1 N–H and O–H groups in total. The molecule has 5 nitrogen and oxygen atoms in total. The molecule has 4 rings (SSSR count). The number of hydrogen-bond donors (Lipinski definition) is 1. The number of nitrogens with zero attached hydrogens (tertiary/aromatic N) is 2. The zero-order chi connectivity index (χ0) is 17.4. The van der Waals surface area contributed by atoms with Gasteiger partial charge in [0.25, 0.3) is 0 Å². The summed E-state index contributed by atoms with van der Waals surface area (Å²) in [6.45, 7) is 0. The highest BCUT2D eigenvalue weighted by Gasteiger charge is 2.48. The van der Waals surface area contributed by atoms with Crippen LogP contribution in [-0.4, -0.2) is 47.6 Å². The molecule has 0 spiro atoms. The van der Waals surface area contributed by atoms with Crippen molar-refractivity contribution >= 4 is 33.0 Å². The number of nitrogens with one attached hydrogen (secondary N) is 1. The van der Waals surface area contributed by atoms with Crippen molar-refractivity contribution in [1.29, 1.82) is 5.41 Å². The molecule has 2 aromatic rings. The summed E-state index contributed by atoms with van der Waals surface area (Å²) in [4.78, 5) is 0. The molecule has 2 fully saturated rings. The Bertz CT molecular complexity index is 925.